The number of aromatic nitrogens is 2. The maximum Gasteiger partial charge on any atom is 0.335 e. The third-order valence-electron chi connectivity index (χ3n) is 2.46. The Labute approximate surface area is 105 Å². The third-order valence-corrected chi connectivity index (χ3v) is 2.70. The highest BCUT2D eigenvalue weighted by atomic mass is 35.5. The van der Waals surface area contributed by atoms with E-state index < -0.39 is 22.9 Å². The first kappa shape index (κ1) is 12.4. The summed E-state index contributed by atoms with van der Waals surface area (Å²) < 4.78 is 14.4. The summed E-state index contributed by atoms with van der Waals surface area (Å²) in [7, 11) is 0. The number of hydrogen-bond acceptors (Lipinski definition) is 3. The van der Waals surface area contributed by atoms with Crippen LogP contribution in [-0.2, 0) is 0 Å². The molecular weight excluding hydrogens is 263 g/mol. The van der Waals surface area contributed by atoms with Gasteiger partial charge in [-0.15, -0.1) is 0 Å². The molecular formula is C11H8ClFN2O3. The molecule has 1 aromatic carbocycles. The van der Waals surface area contributed by atoms with E-state index in [2.05, 4.69) is 0 Å². The average molecular weight is 271 g/mol. The Morgan fingerprint density at radius 2 is 2.06 bits per heavy atom. The lowest BCUT2D eigenvalue weighted by atomic mass is 10.3. The molecule has 0 bridgehead atoms. The van der Waals surface area contributed by atoms with E-state index in [9.17, 15) is 19.1 Å². The average Bonchev–Trinajstić information content (AvgIpc) is 2.29. The maximum absolute atomic E-state index is 13.7. The zero-order chi connectivity index (χ0) is 13.4. The summed E-state index contributed by atoms with van der Waals surface area (Å²) in [6.45, 7) is 1.32. The lowest BCUT2D eigenvalue weighted by molar-refractivity contribution is 0.423. The van der Waals surface area contributed by atoms with Gasteiger partial charge in [-0.05, 0) is 25.1 Å². The fourth-order valence-corrected chi connectivity index (χ4v) is 1.66. The van der Waals surface area contributed by atoms with Crippen LogP contribution >= 0.6 is 11.6 Å². The van der Waals surface area contributed by atoms with Crippen LogP contribution < -0.4 is 11.2 Å². The number of nitrogens with zero attached hydrogens (tertiary/aromatic N) is 1. The second-order valence-electron chi connectivity index (χ2n) is 3.64. The fourth-order valence-electron chi connectivity index (χ4n) is 1.50. The van der Waals surface area contributed by atoms with Gasteiger partial charge in [-0.25, -0.2) is 13.8 Å². The molecule has 2 aromatic rings. The predicted octanol–water partition coefficient (Wildman–Crippen LogP) is 1.33. The SMILES string of the molecule is Cc1c(O)n(-c2ccc(Cl)cc2F)c(=O)[nH]c1=O. The Hall–Kier alpha value is -2.08. The second kappa shape index (κ2) is 4.30. The van der Waals surface area contributed by atoms with Gasteiger partial charge in [0.1, 0.15) is 5.82 Å². The van der Waals surface area contributed by atoms with Gasteiger partial charge < -0.3 is 5.11 Å². The van der Waals surface area contributed by atoms with Crippen LogP contribution in [0.25, 0.3) is 5.69 Å². The minimum atomic E-state index is -0.927. The summed E-state index contributed by atoms with van der Waals surface area (Å²) >= 11 is 5.59. The van der Waals surface area contributed by atoms with Crippen molar-refractivity contribution in [2.45, 2.75) is 6.92 Å². The number of rotatable bonds is 1. The van der Waals surface area contributed by atoms with Crippen molar-refractivity contribution in [1.82, 2.24) is 9.55 Å². The molecule has 94 valence electrons. The monoisotopic (exact) mass is 270 g/mol. The molecule has 0 unspecified atom stereocenters. The van der Waals surface area contributed by atoms with E-state index >= 15 is 0 Å². The topological polar surface area (TPSA) is 75.1 Å². The molecule has 2 N–H and O–H groups in total. The Kier molecular flexibility index (Phi) is 2.96. The molecule has 0 aliphatic carbocycles. The molecule has 2 rings (SSSR count). The van der Waals surface area contributed by atoms with E-state index in [0.717, 1.165) is 6.07 Å². The normalized spacial score (nSPS) is 10.6. The van der Waals surface area contributed by atoms with Crippen LogP contribution in [0.15, 0.2) is 27.8 Å². The summed E-state index contributed by atoms with van der Waals surface area (Å²) in [5, 5.41) is 9.91. The number of H-pyrrole nitrogens is 1. The minimum absolute atomic E-state index is 0.0797. The van der Waals surface area contributed by atoms with E-state index in [0.29, 0.717) is 4.57 Å². The van der Waals surface area contributed by atoms with Gasteiger partial charge in [0.2, 0.25) is 5.88 Å². The molecule has 0 radical (unpaired) electrons. The maximum atomic E-state index is 13.7. The van der Waals surface area contributed by atoms with Crippen LogP contribution in [0, 0.1) is 12.7 Å². The molecule has 0 aliphatic rings. The van der Waals surface area contributed by atoms with Crippen LogP contribution in [0.4, 0.5) is 4.39 Å². The molecule has 0 aliphatic heterocycles. The highest BCUT2D eigenvalue weighted by Gasteiger charge is 2.15. The third kappa shape index (κ3) is 1.91. The number of halogens is 2. The summed E-state index contributed by atoms with van der Waals surface area (Å²) in [6, 6.07) is 3.60. The zero-order valence-corrected chi connectivity index (χ0v) is 9.95. The van der Waals surface area contributed by atoms with Gasteiger partial charge in [0.25, 0.3) is 5.56 Å². The Bertz CT molecular complexity index is 736. The van der Waals surface area contributed by atoms with Gasteiger partial charge in [0, 0.05) is 5.02 Å². The first-order valence-corrected chi connectivity index (χ1v) is 5.30. The number of hydrogen-bond donors (Lipinski definition) is 2. The Morgan fingerprint density at radius 3 is 2.67 bits per heavy atom. The molecule has 0 fully saturated rings. The van der Waals surface area contributed by atoms with Crippen LogP contribution in [0.2, 0.25) is 5.02 Å². The van der Waals surface area contributed by atoms with Crippen LogP contribution in [0.5, 0.6) is 5.88 Å². The van der Waals surface area contributed by atoms with Crippen LogP contribution in [-0.4, -0.2) is 14.7 Å². The second-order valence-corrected chi connectivity index (χ2v) is 4.08. The van der Waals surface area contributed by atoms with Gasteiger partial charge in [0.15, 0.2) is 0 Å². The van der Waals surface area contributed by atoms with Gasteiger partial charge in [-0.3, -0.25) is 9.78 Å². The van der Waals surface area contributed by atoms with E-state index in [1.807, 2.05) is 4.98 Å². The quantitative estimate of drug-likeness (QED) is 0.821. The summed E-state index contributed by atoms with van der Waals surface area (Å²) in [4.78, 5) is 24.8. The summed E-state index contributed by atoms with van der Waals surface area (Å²) in [5.74, 6) is -1.39. The molecule has 0 saturated carbocycles. The summed E-state index contributed by atoms with van der Waals surface area (Å²) in [6.07, 6.45) is 0. The van der Waals surface area contributed by atoms with Gasteiger partial charge in [0.05, 0.1) is 11.3 Å². The van der Waals surface area contributed by atoms with Crippen LogP contribution in [0.3, 0.4) is 0 Å². The Balaban J connectivity index is 2.84. The van der Waals surface area contributed by atoms with E-state index in [1.54, 1.807) is 0 Å². The van der Waals surface area contributed by atoms with Crippen LogP contribution in [0.1, 0.15) is 5.56 Å². The van der Waals surface area contributed by atoms with Crippen molar-refractivity contribution < 1.29 is 9.50 Å². The lowest BCUT2D eigenvalue weighted by Gasteiger charge is -2.10. The smallest absolute Gasteiger partial charge is 0.335 e. The minimum Gasteiger partial charge on any atom is -0.494 e. The van der Waals surface area contributed by atoms with E-state index in [1.165, 1.54) is 19.1 Å². The van der Waals surface area contributed by atoms with Gasteiger partial charge >= 0.3 is 5.69 Å². The molecule has 0 saturated heterocycles. The van der Waals surface area contributed by atoms with Crippen molar-refractivity contribution in [3.63, 3.8) is 0 Å². The number of aromatic amines is 1. The predicted molar refractivity (Wildman–Crippen MR) is 64.0 cm³/mol. The zero-order valence-electron chi connectivity index (χ0n) is 9.20. The highest BCUT2D eigenvalue weighted by molar-refractivity contribution is 6.30. The first-order chi connectivity index (χ1) is 8.41. The van der Waals surface area contributed by atoms with E-state index in [-0.39, 0.29) is 16.3 Å². The fraction of sp³-hybridized carbons (Fsp3) is 0.0909. The van der Waals surface area contributed by atoms with Crippen molar-refractivity contribution in [2.75, 3.05) is 0 Å². The number of benzene rings is 1. The molecule has 5 nitrogen and oxygen atoms in total. The molecule has 7 heteroatoms. The van der Waals surface area contributed by atoms with Gasteiger partial charge in [-0.2, -0.15) is 0 Å². The van der Waals surface area contributed by atoms with Crippen molar-refractivity contribution in [3.8, 4) is 11.6 Å². The van der Waals surface area contributed by atoms with Crippen molar-refractivity contribution >= 4 is 11.6 Å². The highest BCUT2D eigenvalue weighted by Crippen LogP contribution is 2.21. The standard InChI is InChI=1S/C11H8ClFN2O3/c1-5-9(16)14-11(18)15(10(5)17)8-3-2-6(12)4-7(8)13/h2-4,17H,1H3,(H,14,16,18). The lowest BCUT2D eigenvalue weighted by Crippen LogP contribution is -2.30. The molecule has 0 spiro atoms. The number of nitrogens with one attached hydrogen (secondary N) is 1. The Morgan fingerprint density at radius 1 is 1.39 bits per heavy atom. The molecule has 1 heterocycles. The van der Waals surface area contributed by atoms with Crippen molar-refractivity contribution in [1.29, 1.82) is 0 Å². The molecule has 0 amide bonds. The molecule has 1 aromatic heterocycles. The summed E-state index contributed by atoms with van der Waals surface area (Å²) in [5.41, 5.74) is -1.92. The molecule has 0 atom stereocenters. The first-order valence-electron chi connectivity index (χ1n) is 4.92. The largest absolute Gasteiger partial charge is 0.494 e. The number of aromatic hydroxyl groups is 1. The van der Waals surface area contributed by atoms with Crippen molar-refractivity contribution in [2.24, 2.45) is 0 Å². The van der Waals surface area contributed by atoms with E-state index in [4.69, 9.17) is 11.6 Å². The molecule has 18 heavy (non-hydrogen) atoms. The van der Waals surface area contributed by atoms with Gasteiger partial charge in [-0.1, -0.05) is 11.6 Å². The van der Waals surface area contributed by atoms with Crippen molar-refractivity contribution in [3.05, 3.63) is 55.4 Å².